The number of nitrogens with one attached hydrogen (secondary N) is 1. The molecule has 1 aromatic rings. The van der Waals surface area contributed by atoms with Gasteiger partial charge < -0.3 is 15.8 Å². The molecule has 0 spiro atoms. The Morgan fingerprint density at radius 1 is 1.24 bits per heavy atom. The number of nitrogens with two attached hydrogens (primary N) is 1. The van der Waals surface area contributed by atoms with Crippen LogP contribution < -0.4 is 15.8 Å². The average Bonchev–Trinajstić information content (AvgIpc) is 2.74. The summed E-state index contributed by atoms with van der Waals surface area (Å²) in [6.45, 7) is 0.970. The molecule has 0 aromatic heterocycles. The zero-order chi connectivity index (χ0) is 14.9. The van der Waals surface area contributed by atoms with Gasteiger partial charge in [-0.2, -0.15) is 0 Å². The third-order valence-electron chi connectivity index (χ3n) is 3.95. The van der Waals surface area contributed by atoms with Crippen LogP contribution in [0.4, 0.5) is 5.69 Å². The maximum atomic E-state index is 12.1. The van der Waals surface area contributed by atoms with Crippen molar-refractivity contribution in [3.05, 3.63) is 24.3 Å². The number of hydrogen-bond donors (Lipinski definition) is 2. The second kappa shape index (κ2) is 8.67. The van der Waals surface area contributed by atoms with Crippen molar-refractivity contribution in [1.29, 1.82) is 0 Å². The lowest BCUT2D eigenvalue weighted by Gasteiger charge is -2.14. The van der Waals surface area contributed by atoms with Crippen molar-refractivity contribution in [2.45, 2.75) is 44.9 Å². The number of carbonyl (C=O) groups is 1. The lowest BCUT2D eigenvalue weighted by molar-refractivity contribution is -0.117. The molecule has 0 unspecified atom stereocenters. The molecule has 4 heteroatoms. The molecule has 4 nitrogen and oxygen atoms in total. The first-order valence-electron chi connectivity index (χ1n) is 8.00. The standard InChI is InChI=1S/C17H26N2O2/c18-10-11-21-16-9-5-8-15(13-16)19-17(20)12-14-6-3-1-2-4-7-14/h5,8-9,13-14H,1-4,6-7,10-12,18H2,(H,19,20). The first-order valence-corrected chi connectivity index (χ1v) is 8.00. The van der Waals surface area contributed by atoms with E-state index in [0.29, 0.717) is 25.5 Å². The fourth-order valence-electron chi connectivity index (χ4n) is 2.88. The van der Waals surface area contributed by atoms with E-state index >= 15 is 0 Å². The van der Waals surface area contributed by atoms with Crippen molar-refractivity contribution >= 4 is 11.6 Å². The van der Waals surface area contributed by atoms with Crippen molar-refractivity contribution < 1.29 is 9.53 Å². The summed E-state index contributed by atoms with van der Waals surface area (Å²) in [4.78, 5) is 12.1. The predicted molar refractivity (Wildman–Crippen MR) is 85.4 cm³/mol. The number of carbonyl (C=O) groups excluding carboxylic acids is 1. The SMILES string of the molecule is NCCOc1cccc(NC(=O)CC2CCCCCC2)c1. The summed E-state index contributed by atoms with van der Waals surface area (Å²) in [5.74, 6) is 1.40. The number of hydrogen-bond acceptors (Lipinski definition) is 3. The number of ether oxygens (including phenoxy) is 1. The third-order valence-corrected chi connectivity index (χ3v) is 3.95. The van der Waals surface area contributed by atoms with Crippen molar-refractivity contribution in [3.63, 3.8) is 0 Å². The highest BCUT2D eigenvalue weighted by molar-refractivity contribution is 5.91. The minimum Gasteiger partial charge on any atom is -0.492 e. The molecule has 1 aromatic carbocycles. The summed E-state index contributed by atoms with van der Waals surface area (Å²) in [5.41, 5.74) is 6.21. The lowest BCUT2D eigenvalue weighted by atomic mass is 9.96. The van der Waals surface area contributed by atoms with Crippen LogP contribution in [0.25, 0.3) is 0 Å². The Morgan fingerprint density at radius 2 is 2.00 bits per heavy atom. The molecule has 21 heavy (non-hydrogen) atoms. The number of rotatable bonds is 6. The van der Waals surface area contributed by atoms with Crippen molar-refractivity contribution in [2.24, 2.45) is 11.7 Å². The van der Waals surface area contributed by atoms with Crippen LogP contribution in [0.2, 0.25) is 0 Å². The Labute approximate surface area is 127 Å². The van der Waals surface area contributed by atoms with Crippen LogP contribution in [-0.2, 0) is 4.79 Å². The molecule has 1 aliphatic carbocycles. The molecule has 0 aliphatic heterocycles. The highest BCUT2D eigenvalue weighted by Crippen LogP contribution is 2.26. The summed E-state index contributed by atoms with van der Waals surface area (Å²) in [7, 11) is 0. The van der Waals surface area contributed by atoms with Gasteiger partial charge in [0.25, 0.3) is 0 Å². The third kappa shape index (κ3) is 5.76. The first kappa shape index (κ1) is 15.8. The van der Waals surface area contributed by atoms with Gasteiger partial charge in [0, 0.05) is 24.7 Å². The van der Waals surface area contributed by atoms with Crippen molar-refractivity contribution in [2.75, 3.05) is 18.5 Å². The predicted octanol–water partition coefficient (Wildman–Crippen LogP) is 3.32. The van der Waals surface area contributed by atoms with Crippen LogP contribution in [0.5, 0.6) is 5.75 Å². The number of amides is 1. The second-order valence-electron chi connectivity index (χ2n) is 5.77. The normalized spacial score (nSPS) is 16.2. The fourth-order valence-corrected chi connectivity index (χ4v) is 2.88. The van der Waals surface area contributed by atoms with E-state index in [1.54, 1.807) is 0 Å². The van der Waals surface area contributed by atoms with E-state index in [-0.39, 0.29) is 5.91 Å². The van der Waals surface area contributed by atoms with E-state index < -0.39 is 0 Å². The van der Waals surface area contributed by atoms with Gasteiger partial charge in [0.1, 0.15) is 12.4 Å². The molecular weight excluding hydrogens is 264 g/mol. The highest BCUT2D eigenvalue weighted by atomic mass is 16.5. The Hall–Kier alpha value is -1.55. The topological polar surface area (TPSA) is 64.3 Å². The number of benzene rings is 1. The van der Waals surface area contributed by atoms with Crippen molar-refractivity contribution in [1.82, 2.24) is 0 Å². The molecule has 0 heterocycles. The maximum Gasteiger partial charge on any atom is 0.224 e. The summed E-state index contributed by atoms with van der Waals surface area (Å²) >= 11 is 0. The van der Waals surface area contributed by atoms with Gasteiger partial charge in [0.05, 0.1) is 0 Å². The Morgan fingerprint density at radius 3 is 2.71 bits per heavy atom. The van der Waals surface area contributed by atoms with E-state index in [2.05, 4.69) is 5.32 Å². The van der Waals surface area contributed by atoms with E-state index in [4.69, 9.17) is 10.5 Å². The van der Waals surface area contributed by atoms with Gasteiger partial charge in [-0.25, -0.2) is 0 Å². The second-order valence-corrected chi connectivity index (χ2v) is 5.77. The first-order chi connectivity index (χ1) is 10.3. The monoisotopic (exact) mass is 290 g/mol. The highest BCUT2D eigenvalue weighted by Gasteiger charge is 2.16. The Bertz CT molecular complexity index is 440. The van der Waals surface area contributed by atoms with Crippen LogP contribution in [0.3, 0.4) is 0 Å². The smallest absolute Gasteiger partial charge is 0.224 e. The van der Waals surface area contributed by atoms with Gasteiger partial charge in [-0.1, -0.05) is 31.7 Å². The molecule has 1 fully saturated rings. The van der Waals surface area contributed by atoms with E-state index in [0.717, 1.165) is 11.4 Å². The molecule has 116 valence electrons. The molecule has 1 saturated carbocycles. The molecule has 1 amide bonds. The largest absolute Gasteiger partial charge is 0.492 e. The van der Waals surface area contributed by atoms with Crippen LogP contribution in [0, 0.1) is 5.92 Å². The van der Waals surface area contributed by atoms with E-state index in [9.17, 15) is 4.79 Å². The summed E-state index contributed by atoms with van der Waals surface area (Å²) in [5, 5.41) is 2.98. The maximum absolute atomic E-state index is 12.1. The minimum absolute atomic E-state index is 0.109. The van der Waals surface area contributed by atoms with Crippen LogP contribution in [0.15, 0.2) is 24.3 Å². The zero-order valence-corrected chi connectivity index (χ0v) is 12.6. The average molecular weight is 290 g/mol. The summed E-state index contributed by atoms with van der Waals surface area (Å²) in [6.07, 6.45) is 8.17. The van der Waals surface area contributed by atoms with Gasteiger partial charge in [0.15, 0.2) is 0 Å². The summed E-state index contributed by atoms with van der Waals surface area (Å²) < 4.78 is 5.47. The van der Waals surface area contributed by atoms with Crippen LogP contribution in [0.1, 0.15) is 44.9 Å². The molecule has 0 saturated heterocycles. The van der Waals surface area contributed by atoms with Gasteiger partial charge in [-0.3, -0.25) is 4.79 Å². The Balaban J connectivity index is 1.83. The minimum atomic E-state index is 0.109. The number of anilines is 1. The summed E-state index contributed by atoms with van der Waals surface area (Å²) in [6, 6.07) is 7.49. The lowest BCUT2D eigenvalue weighted by Crippen LogP contribution is -2.16. The van der Waals surface area contributed by atoms with Crippen LogP contribution in [-0.4, -0.2) is 19.1 Å². The van der Waals surface area contributed by atoms with E-state index in [1.165, 1.54) is 38.5 Å². The molecule has 0 atom stereocenters. The molecule has 0 radical (unpaired) electrons. The molecule has 1 aliphatic rings. The molecule has 3 N–H and O–H groups in total. The van der Waals surface area contributed by atoms with Crippen molar-refractivity contribution in [3.8, 4) is 5.75 Å². The van der Waals surface area contributed by atoms with Gasteiger partial charge >= 0.3 is 0 Å². The Kier molecular flexibility index (Phi) is 6.54. The molecule has 2 rings (SSSR count). The quantitative estimate of drug-likeness (QED) is 0.790. The fraction of sp³-hybridized carbons (Fsp3) is 0.588. The molecular formula is C17H26N2O2. The zero-order valence-electron chi connectivity index (χ0n) is 12.6. The van der Waals surface area contributed by atoms with Gasteiger partial charge in [0.2, 0.25) is 5.91 Å². The molecule has 0 bridgehead atoms. The van der Waals surface area contributed by atoms with E-state index in [1.807, 2.05) is 24.3 Å². The van der Waals surface area contributed by atoms with Gasteiger partial charge in [-0.05, 0) is 30.9 Å². The van der Waals surface area contributed by atoms with Crippen LogP contribution >= 0.6 is 0 Å². The van der Waals surface area contributed by atoms with Gasteiger partial charge in [-0.15, -0.1) is 0 Å².